The Labute approximate surface area is 103 Å². The van der Waals surface area contributed by atoms with Crippen LogP contribution >= 0.6 is 0 Å². The lowest BCUT2D eigenvalue weighted by atomic mass is 10.2. The van der Waals surface area contributed by atoms with Gasteiger partial charge in [0.2, 0.25) is 0 Å². The molecule has 5 nitrogen and oxygen atoms in total. The number of carbonyl (C=O) groups excluding carboxylic acids is 1. The second kappa shape index (κ2) is 6.96. The van der Waals surface area contributed by atoms with Crippen LogP contribution in [0.1, 0.15) is 33.6 Å². The summed E-state index contributed by atoms with van der Waals surface area (Å²) < 4.78 is 32.8. The summed E-state index contributed by atoms with van der Waals surface area (Å²) in [5, 5.41) is 0. The van der Waals surface area contributed by atoms with Crippen molar-refractivity contribution in [1.29, 1.82) is 0 Å². The number of esters is 1. The van der Waals surface area contributed by atoms with Crippen LogP contribution in [-0.2, 0) is 24.1 Å². The van der Waals surface area contributed by atoms with Crippen LogP contribution in [0, 0.1) is 0 Å². The predicted octanol–water partition coefficient (Wildman–Crippen LogP) is 1.17. The number of rotatable bonds is 7. The van der Waals surface area contributed by atoms with Crippen molar-refractivity contribution in [1.82, 2.24) is 0 Å². The Morgan fingerprint density at radius 3 is 2.24 bits per heavy atom. The summed E-state index contributed by atoms with van der Waals surface area (Å²) in [6.07, 6.45) is 0.361. The smallest absolute Gasteiger partial charge is 0.307 e. The molecule has 0 saturated carbocycles. The molecule has 0 atom stereocenters. The Morgan fingerprint density at radius 2 is 1.76 bits per heavy atom. The molecule has 0 saturated heterocycles. The molecule has 0 aromatic carbocycles. The second-order valence-corrected chi connectivity index (χ2v) is 7.14. The number of methoxy groups -OCH3 is 1. The van der Waals surface area contributed by atoms with Crippen molar-refractivity contribution in [3.8, 4) is 0 Å². The first-order valence-corrected chi connectivity index (χ1v) is 7.39. The first-order valence-electron chi connectivity index (χ1n) is 5.57. The van der Waals surface area contributed by atoms with E-state index in [-0.39, 0.29) is 17.9 Å². The maximum atomic E-state index is 11.5. The van der Waals surface area contributed by atoms with E-state index in [1.54, 1.807) is 20.8 Å². The molecule has 0 heterocycles. The van der Waals surface area contributed by atoms with Gasteiger partial charge < -0.3 is 9.47 Å². The molecule has 0 aromatic rings. The molecule has 0 fully saturated rings. The minimum atomic E-state index is -3.19. The Balaban J connectivity index is 3.97. The van der Waals surface area contributed by atoms with Crippen LogP contribution < -0.4 is 0 Å². The van der Waals surface area contributed by atoms with Crippen LogP contribution in [0.2, 0.25) is 0 Å². The van der Waals surface area contributed by atoms with Crippen molar-refractivity contribution in [2.24, 2.45) is 0 Å². The van der Waals surface area contributed by atoms with Gasteiger partial charge in [-0.3, -0.25) is 4.79 Å². The fraction of sp³-hybridized carbons (Fsp3) is 0.909. The number of hydrogen-bond acceptors (Lipinski definition) is 5. The average Bonchev–Trinajstić information content (AvgIpc) is 2.13. The minimum absolute atomic E-state index is 0.0453. The molecule has 0 aromatic heterocycles. The van der Waals surface area contributed by atoms with E-state index in [1.807, 2.05) is 0 Å². The number of hydrogen-bond donors (Lipinski definition) is 0. The molecule has 102 valence electrons. The molecule has 0 aliphatic rings. The van der Waals surface area contributed by atoms with E-state index in [0.717, 1.165) is 0 Å². The lowest BCUT2D eigenvalue weighted by molar-refractivity contribution is -0.154. The minimum Gasteiger partial charge on any atom is -0.460 e. The number of ether oxygens (including phenoxy) is 2. The molecule has 6 heteroatoms. The molecular formula is C11H22O5S. The van der Waals surface area contributed by atoms with E-state index < -0.39 is 21.4 Å². The topological polar surface area (TPSA) is 69.7 Å². The Hall–Kier alpha value is -0.620. The van der Waals surface area contributed by atoms with Gasteiger partial charge in [-0.25, -0.2) is 8.42 Å². The van der Waals surface area contributed by atoms with E-state index >= 15 is 0 Å². The molecule has 0 rings (SSSR count). The fourth-order valence-corrected chi connectivity index (χ4v) is 2.40. The van der Waals surface area contributed by atoms with Gasteiger partial charge in [0.25, 0.3) is 0 Å². The third-order valence-corrected chi connectivity index (χ3v) is 3.58. The van der Waals surface area contributed by atoms with Crippen LogP contribution in [0.4, 0.5) is 0 Å². The van der Waals surface area contributed by atoms with E-state index in [1.165, 1.54) is 7.11 Å². The van der Waals surface area contributed by atoms with Crippen molar-refractivity contribution in [3.05, 3.63) is 0 Å². The standard InChI is InChI=1S/C11H22O5S/c1-11(2,3)16-10(12)6-9-17(13,14)8-5-7-15-4/h5-9H2,1-4H3. The van der Waals surface area contributed by atoms with Crippen molar-refractivity contribution < 1.29 is 22.7 Å². The lowest BCUT2D eigenvalue weighted by Crippen LogP contribution is -2.25. The normalized spacial score (nSPS) is 12.5. The summed E-state index contributed by atoms with van der Waals surface area (Å²) in [4.78, 5) is 11.3. The van der Waals surface area contributed by atoms with Gasteiger partial charge in [0, 0.05) is 13.7 Å². The van der Waals surface area contributed by atoms with E-state index in [4.69, 9.17) is 9.47 Å². The van der Waals surface area contributed by atoms with Gasteiger partial charge in [-0.05, 0) is 27.2 Å². The SMILES string of the molecule is COCCCS(=O)(=O)CCC(=O)OC(C)(C)C. The summed E-state index contributed by atoms with van der Waals surface area (Å²) in [5.41, 5.74) is -0.573. The van der Waals surface area contributed by atoms with E-state index in [2.05, 4.69) is 0 Å². The monoisotopic (exact) mass is 266 g/mol. The highest BCUT2D eigenvalue weighted by Gasteiger charge is 2.19. The number of carbonyl (C=O) groups is 1. The predicted molar refractivity (Wildman–Crippen MR) is 65.6 cm³/mol. The highest BCUT2D eigenvalue weighted by molar-refractivity contribution is 7.91. The van der Waals surface area contributed by atoms with Crippen LogP contribution in [0.3, 0.4) is 0 Å². The van der Waals surface area contributed by atoms with Crippen LogP contribution in [0.15, 0.2) is 0 Å². The maximum absolute atomic E-state index is 11.5. The van der Waals surface area contributed by atoms with Gasteiger partial charge in [-0.15, -0.1) is 0 Å². The van der Waals surface area contributed by atoms with Crippen molar-refractivity contribution >= 4 is 15.8 Å². The third-order valence-electron chi connectivity index (χ3n) is 1.84. The zero-order valence-electron chi connectivity index (χ0n) is 11.0. The van der Waals surface area contributed by atoms with Crippen LogP contribution in [-0.4, -0.2) is 45.2 Å². The molecule has 0 bridgehead atoms. The lowest BCUT2D eigenvalue weighted by Gasteiger charge is -2.19. The van der Waals surface area contributed by atoms with Gasteiger partial charge in [0.15, 0.2) is 9.84 Å². The largest absolute Gasteiger partial charge is 0.460 e. The van der Waals surface area contributed by atoms with Gasteiger partial charge in [-0.2, -0.15) is 0 Å². The number of sulfone groups is 1. The van der Waals surface area contributed by atoms with Crippen molar-refractivity contribution in [2.45, 2.75) is 39.2 Å². The highest BCUT2D eigenvalue weighted by atomic mass is 32.2. The van der Waals surface area contributed by atoms with Gasteiger partial charge in [0.05, 0.1) is 17.9 Å². The van der Waals surface area contributed by atoms with Gasteiger partial charge in [0.1, 0.15) is 5.60 Å². The Bertz CT molecular complexity index is 326. The summed E-state index contributed by atoms with van der Waals surface area (Å²) in [6, 6.07) is 0. The molecule has 0 unspecified atom stereocenters. The summed E-state index contributed by atoms with van der Waals surface area (Å²) in [6.45, 7) is 5.65. The molecule has 0 aliphatic heterocycles. The summed E-state index contributed by atoms with van der Waals surface area (Å²) in [5.74, 6) is -0.595. The molecule has 0 N–H and O–H groups in total. The maximum Gasteiger partial charge on any atom is 0.307 e. The van der Waals surface area contributed by atoms with Crippen LogP contribution in [0.5, 0.6) is 0 Å². The molecule has 0 radical (unpaired) electrons. The molecule has 0 aliphatic carbocycles. The second-order valence-electron chi connectivity index (χ2n) is 4.83. The van der Waals surface area contributed by atoms with E-state index in [0.29, 0.717) is 13.0 Å². The summed E-state index contributed by atoms with van der Waals surface area (Å²) in [7, 11) is -1.66. The molecule has 0 spiro atoms. The highest BCUT2D eigenvalue weighted by Crippen LogP contribution is 2.09. The van der Waals surface area contributed by atoms with E-state index in [9.17, 15) is 13.2 Å². The first kappa shape index (κ1) is 16.4. The zero-order valence-corrected chi connectivity index (χ0v) is 11.8. The Kier molecular flexibility index (Phi) is 6.70. The molecule has 17 heavy (non-hydrogen) atoms. The zero-order chi connectivity index (χ0) is 13.5. The molecule has 0 amide bonds. The van der Waals surface area contributed by atoms with Crippen molar-refractivity contribution in [2.75, 3.05) is 25.2 Å². The molecular weight excluding hydrogens is 244 g/mol. The van der Waals surface area contributed by atoms with Gasteiger partial charge in [-0.1, -0.05) is 0 Å². The van der Waals surface area contributed by atoms with Gasteiger partial charge >= 0.3 is 5.97 Å². The Morgan fingerprint density at radius 1 is 1.18 bits per heavy atom. The van der Waals surface area contributed by atoms with Crippen LogP contribution in [0.25, 0.3) is 0 Å². The summed E-state index contributed by atoms with van der Waals surface area (Å²) >= 11 is 0. The first-order chi connectivity index (χ1) is 7.66. The average molecular weight is 266 g/mol. The third kappa shape index (κ3) is 10.3. The quantitative estimate of drug-likeness (QED) is 0.511. The van der Waals surface area contributed by atoms with Crippen molar-refractivity contribution in [3.63, 3.8) is 0 Å². The fourth-order valence-electron chi connectivity index (χ4n) is 1.16.